The second-order valence-electron chi connectivity index (χ2n) is 4.21. The molecule has 0 radical (unpaired) electrons. The van der Waals surface area contributed by atoms with Gasteiger partial charge in [-0.3, -0.25) is 0 Å². The van der Waals surface area contributed by atoms with Crippen molar-refractivity contribution in [3.05, 3.63) is 29.3 Å². The minimum absolute atomic E-state index is 0.102. The molecule has 0 fully saturated rings. The number of aliphatic hydroxyl groups excluding tert-OH is 1. The van der Waals surface area contributed by atoms with Crippen molar-refractivity contribution in [1.82, 2.24) is 0 Å². The molecule has 1 aromatic carbocycles. The largest absolute Gasteiger partial charge is 0.392 e. The third-order valence-electron chi connectivity index (χ3n) is 2.77. The maximum Gasteiger partial charge on any atom is 0.0702 e. The highest BCUT2D eigenvalue weighted by molar-refractivity contribution is 5.52. The fraction of sp³-hybridized carbons (Fsp3) is 0.538. The van der Waals surface area contributed by atoms with Gasteiger partial charge in [-0.05, 0) is 18.9 Å². The molecule has 0 heterocycles. The Bertz CT molecular complexity index is 309. The van der Waals surface area contributed by atoms with E-state index in [2.05, 4.69) is 25.2 Å². The van der Waals surface area contributed by atoms with Gasteiger partial charge in [0.15, 0.2) is 0 Å². The van der Waals surface area contributed by atoms with Crippen LogP contribution < -0.4 is 5.32 Å². The van der Waals surface area contributed by atoms with Gasteiger partial charge in [0.05, 0.1) is 6.61 Å². The van der Waals surface area contributed by atoms with Crippen LogP contribution >= 0.6 is 0 Å². The summed E-state index contributed by atoms with van der Waals surface area (Å²) < 4.78 is 0. The van der Waals surface area contributed by atoms with Crippen LogP contribution in [0.3, 0.4) is 0 Å². The molecule has 0 saturated heterocycles. The normalized spacial score (nSPS) is 12.5. The summed E-state index contributed by atoms with van der Waals surface area (Å²) in [6, 6.07) is 6.14. The molecule has 0 aliphatic rings. The molecule has 15 heavy (non-hydrogen) atoms. The molecular weight excluding hydrogens is 186 g/mol. The third-order valence-corrected chi connectivity index (χ3v) is 2.77. The van der Waals surface area contributed by atoms with Crippen LogP contribution in [0.1, 0.15) is 31.4 Å². The van der Waals surface area contributed by atoms with Crippen molar-refractivity contribution in [1.29, 1.82) is 0 Å². The van der Waals surface area contributed by atoms with Gasteiger partial charge in [-0.15, -0.1) is 0 Å². The maximum absolute atomic E-state index is 9.23. The Morgan fingerprint density at radius 3 is 2.73 bits per heavy atom. The van der Waals surface area contributed by atoms with Crippen molar-refractivity contribution in [2.24, 2.45) is 5.92 Å². The maximum atomic E-state index is 9.23. The molecule has 1 unspecified atom stereocenters. The SMILES string of the molecule is CCC(C)CNc1ccc(C)cc1CO. The monoisotopic (exact) mass is 207 g/mol. The van der Waals surface area contributed by atoms with E-state index >= 15 is 0 Å². The molecular formula is C13H21NO. The van der Waals surface area contributed by atoms with Gasteiger partial charge in [-0.25, -0.2) is 0 Å². The first-order valence-corrected chi connectivity index (χ1v) is 5.61. The Balaban J connectivity index is 2.67. The third kappa shape index (κ3) is 3.56. The molecule has 0 aromatic heterocycles. The summed E-state index contributed by atoms with van der Waals surface area (Å²) in [5, 5.41) is 12.6. The number of aliphatic hydroxyl groups is 1. The summed E-state index contributed by atoms with van der Waals surface area (Å²) in [6.45, 7) is 7.52. The van der Waals surface area contributed by atoms with E-state index in [4.69, 9.17) is 0 Å². The van der Waals surface area contributed by atoms with Crippen LogP contribution in [0.5, 0.6) is 0 Å². The predicted octanol–water partition coefficient (Wildman–Crippen LogP) is 2.95. The van der Waals surface area contributed by atoms with Crippen molar-refractivity contribution < 1.29 is 5.11 Å². The quantitative estimate of drug-likeness (QED) is 0.778. The highest BCUT2D eigenvalue weighted by Gasteiger charge is 2.03. The van der Waals surface area contributed by atoms with E-state index in [9.17, 15) is 5.11 Å². The van der Waals surface area contributed by atoms with Gasteiger partial charge in [0, 0.05) is 17.8 Å². The second-order valence-corrected chi connectivity index (χ2v) is 4.21. The van der Waals surface area contributed by atoms with Crippen LogP contribution in [0.2, 0.25) is 0 Å². The van der Waals surface area contributed by atoms with Crippen LogP contribution in [0.4, 0.5) is 5.69 Å². The first-order chi connectivity index (χ1) is 7.17. The standard InChI is InChI=1S/C13H21NO/c1-4-10(2)8-14-13-6-5-11(3)7-12(13)9-15/h5-7,10,14-15H,4,8-9H2,1-3H3. The van der Waals surface area contributed by atoms with Gasteiger partial charge < -0.3 is 10.4 Å². The molecule has 2 nitrogen and oxygen atoms in total. The molecule has 2 heteroatoms. The first-order valence-electron chi connectivity index (χ1n) is 5.61. The highest BCUT2D eigenvalue weighted by atomic mass is 16.3. The summed E-state index contributed by atoms with van der Waals surface area (Å²) in [5.74, 6) is 0.665. The Morgan fingerprint density at radius 2 is 2.13 bits per heavy atom. The van der Waals surface area contributed by atoms with E-state index in [1.807, 2.05) is 19.1 Å². The average Bonchev–Trinajstić information content (AvgIpc) is 2.26. The fourth-order valence-electron chi connectivity index (χ4n) is 1.45. The Hall–Kier alpha value is -1.02. The van der Waals surface area contributed by atoms with Crippen molar-refractivity contribution in [3.8, 4) is 0 Å². The van der Waals surface area contributed by atoms with E-state index in [0.29, 0.717) is 5.92 Å². The molecule has 0 spiro atoms. The van der Waals surface area contributed by atoms with Crippen LogP contribution in [0, 0.1) is 12.8 Å². The molecule has 0 amide bonds. The van der Waals surface area contributed by atoms with Crippen molar-refractivity contribution in [2.75, 3.05) is 11.9 Å². The lowest BCUT2D eigenvalue weighted by Gasteiger charge is -2.14. The molecule has 2 N–H and O–H groups in total. The van der Waals surface area contributed by atoms with Crippen LogP contribution in [0.25, 0.3) is 0 Å². The molecule has 0 aliphatic heterocycles. The van der Waals surface area contributed by atoms with Gasteiger partial charge in [0.1, 0.15) is 0 Å². The van der Waals surface area contributed by atoms with Crippen LogP contribution in [0.15, 0.2) is 18.2 Å². The number of hydrogen-bond donors (Lipinski definition) is 2. The zero-order chi connectivity index (χ0) is 11.3. The lowest BCUT2D eigenvalue weighted by molar-refractivity contribution is 0.282. The molecule has 1 aromatic rings. The van der Waals surface area contributed by atoms with Gasteiger partial charge >= 0.3 is 0 Å². The van der Waals surface area contributed by atoms with Gasteiger partial charge in [0.2, 0.25) is 0 Å². The molecule has 1 rings (SSSR count). The van der Waals surface area contributed by atoms with E-state index in [1.54, 1.807) is 0 Å². The van der Waals surface area contributed by atoms with E-state index in [1.165, 1.54) is 12.0 Å². The zero-order valence-electron chi connectivity index (χ0n) is 9.88. The van der Waals surface area contributed by atoms with E-state index < -0.39 is 0 Å². The van der Waals surface area contributed by atoms with Crippen molar-refractivity contribution in [2.45, 2.75) is 33.8 Å². The lowest BCUT2D eigenvalue weighted by atomic mass is 10.1. The van der Waals surface area contributed by atoms with Gasteiger partial charge in [-0.2, -0.15) is 0 Å². The van der Waals surface area contributed by atoms with Crippen LogP contribution in [-0.4, -0.2) is 11.7 Å². The average molecular weight is 207 g/mol. The molecule has 1 atom stereocenters. The van der Waals surface area contributed by atoms with E-state index in [-0.39, 0.29) is 6.61 Å². The molecule has 84 valence electrons. The fourth-order valence-corrected chi connectivity index (χ4v) is 1.45. The molecule has 0 bridgehead atoms. The number of benzene rings is 1. The number of anilines is 1. The highest BCUT2D eigenvalue weighted by Crippen LogP contribution is 2.18. The summed E-state index contributed by atoms with van der Waals surface area (Å²) in [6.07, 6.45) is 1.17. The first kappa shape index (κ1) is 12.1. The number of hydrogen-bond acceptors (Lipinski definition) is 2. The summed E-state index contributed by atoms with van der Waals surface area (Å²) >= 11 is 0. The smallest absolute Gasteiger partial charge is 0.0702 e. The summed E-state index contributed by atoms with van der Waals surface area (Å²) in [7, 11) is 0. The Morgan fingerprint density at radius 1 is 1.40 bits per heavy atom. The summed E-state index contributed by atoms with van der Waals surface area (Å²) in [5.41, 5.74) is 3.23. The van der Waals surface area contributed by atoms with Crippen molar-refractivity contribution >= 4 is 5.69 Å². The zero-order valence-corrected chi connectivity index (χ0v) is 9.88. The van der Waals surface area contributed by atoms with Crippen molar-refractivity contribution in [3.63, 3.8) is 0 Å². The minimum atomic E-state index is 0.102. The molecule has 0 saturated carbocycles. The number of rotatable bonds is 5. The number of nitrogens with one attached hydrogen (secondary N) is 1. The Labute approximate surface area is 92.3 Å². The minimum Gasteiger partial charge on any atom is -0.392 e. The number of aryl methyl sites for hydroxylation is 1. The van der Waals surface area contributed by atoms with Crippen LogP contribution in [-0.2, 0) is 6.61 Å². The van der Waals surface area contributed by atoms with E-state index in [0.717, 1.165) is 17.8 Å². The summed E-state index contributed by atoms with van der Waals surface area (Å²) in [4.78, 5) is 0. The topological polar surface area (TPSA) is 32.3 Å². The lowest BCUT2D eigenvalue weighted by Crippen LogP contribution is -2.11. The Kier molecular flexibility index (Phi) is 4.63. The van der Waals surface area contributed by atoms with Gasteiger partial charge in [0.25, 0.3) is 0 Å². The predicted molar refractivity (Wildman–Crippen MR) is 65.0 cm³/mol. The molecule has 0 aliphatic carbocycles. The second kappa shape index (κ2) is 5.76. The van der Waals surface area contributed by atoms with Gasteiger partial charge in [-0.1, -0.05) is 38.0 Å².